The van der Waals surface area contributed by atoms with Gasteiger partial charge in [-0.3, -0.25) is 5.10 Å². The van der Waals surface area contributed by atoms with Gasteiger partial charge in [0, 0.05) is 32.0 Å². The van der Waals surface area contributed by atoms with E-state index in [-0.39, 0.29) is 12.1 Å². The maximum absolute atomic E-state index is 9.00. The molecule has 0 spiro atoms. The van der Waals surface area contributed by atoms with Crippen LogP contribution in [0.1, 0.15) is 29.8 Å². The van der Waals surface area contributed by atoms with Crippen molar-refractivity contribution in [2.24, 2.45) is 0 Å². The number of pyridine rings is 1. The van der Waals surface area contributed by atoms with Crippen LogP contribution < -0.4 is 4.90 Å². The minimum atomic E-state index is 0.0360. The molecule has 7 heteroatoms. The van der Waals surface area contributed by atoms with Crippen molar-refractivity contribution in [2.45, 2.75) is 25.5 Å². The highest BCUT2D eigenvalue weighted by Crippen LogP contribution is 2.35. The van der Waals surface area contributed by atoms with Crippen LogP contribution in [0, 0.1) is 18.3 Å². The number of nitriles is 1. The number of rotatable bonds is 3. The fourth-order valence-electron chi connectivity index (χ4n) is 2.67. The molecule has 0 unspecified atom stereocenters. The summed E-state index contributed by atoms with van der Waals surface area (Å²) in [6.45, 7) is 2.62. The number of nitrogens with zero attached hydrogens (tertiary/aromatic N) is 5. The summed E-state index contributed by atoms with van der Waals surface area (Å²) >= 11 is 0. The predicted molar refractivity (Wildman–Crippen MR) is 75.6 cm³/mol. The Hall–Kier alpha value is -2.46. The second-order valence-corrected chi connectivity index (χ2v) is 5.05. The number of hydrogen-bond acceptors (Lipinski definition) is 6. The topological polar surface area (TPSA) is 90.7 Å². The smallest absolute Gasteiger partial charge is 0.173 e. The molecule has 3 rings (SSSR count). The minimum Gasteiger partial charge on any atom is -0.380 e. The Kier molecular flexibility index (Phi) is 3.54. The summed E-state index contributed by atoms with van der Waals surface area (Å²) in [5, 5.41) is 16.2. The number of H-pyrrole nitrogens is 1. The molecule has 21 heavy (non-hydrogen) atoms. The molecule has 7 nitrogen and oxygen atoms in total. The van der Waals surface area contributed by atoms with Crippen molar-refractivity contribution >= 4 is 5.69 Å². The first-order valence-electron chi connectivity index (χ1n) is 6.75. The van der Waals surface area contributed by atoms with Crippen LogP contribution >= 0.6 is 0 Å². The summed E-state index contributed by atoms with van der Waals surface area (Å²) < 4.78 is 5.49. The van der Waals surface area contributed by atoms with E-state index in [4.69, 9.17) is 10.00 Å². The Bertz CT molecular complexity index is 676. The standard InChI is InChI=1S/C14H16N6O/c1-9-17-14(19-18-9)13-6-12(21-2)8-20(13)11-3-4-16-10(5-11)7-15/h3-5,12-13H,6,8H2,1-2H3,(H,17,18,19)/t12-,13+/m1/s1. The van der Waals surface area contributed by atoms with Crippen LogP contribution in [0.15, 0.2) is 18.3 Å². The van der Waals surface area contributed by atoms with Gasteiger partial charge in [-0.25, -0.2) is 9.97 Å². The number of anilines is 1. The van der Waals surface area contributed by atoms with E-state index in [1.807, 2.05) is 13.0 Å². The van der Waals surface area contributed by atoms with Gasteiger partial charge in [0.15, 0.2) is 5.82 Å². The molecule has 1 aliphatic rings. The predicted octanol–water partition coefficient (Wildman–Crippen LogP) is 1.35. The van der Waals surface area contributed by atoms with Crippen LogP contribution in [-0.4, -0.2) is 39.9 Å². The summed E-state index contributed by atoms with van der Waals surface area (Å²) in [6.07, 6.45) is 2.58. The van der Waals surface area contributed by atoms with Crippen LogP contribution in [0.5, 0.6) is 0 Å². The molecule has 2 aromatic rings. The van der Waals surface area contributed by atoms with E-state index in [0.717, 1.165) is 30.3 Å². The lowest BCUT2D eigenvalue weighted by atomic mass is 10.2. The molecular weight excluding hydrogens is 268 g/mol. The van der Waals surface area contributed by atoms with Gasteiger partial charge in [-0.15, -0.1) is 0 Å². The van der Waals surface area contributed by atoms with Gasteiger partial charge >= 0.3 is 0 Å². The number of aryl methyl sites for hydroxylation is 1. The molecule has 1 N–H and O–H groups in total. The third kappa shape index (κ3) is 2.58. The van der Waals surface area contributed by atoms with Crippen LogP contribution in [0.3, 0.4) is 0 Å². The molecule has 0 amide bonds. The van der Waals surface area contributed by atoms with Crippen molar-refractivity contribution in [3.63, 3.8) is 0 Å². The second-order valence-electron chi connectivity index (χ2n) is 5.05. The molecule has 0 saturated carbocycles. The van der Waals surface area contributed by atoms with Gasteiger partial charge in [-0.2, -0.15) is 10.4 Å². The van der Waals surface area contributed by atoms with Gasteiger partial charge in [0.1, 0.15) is 17.6 Å². The van der Waals surface area contributed by atoms with Crippen molar-refractivity contribution in [3.8, 4) is 6.07 Å². The fourth-order valence-corrected chi connectivity index (χ4v) is 2.67. The Morgan fingerprint density at radius 1 is 1.52 bits per heavy atom. The average molecular weight is 284 g/mol. The number of methoxy groups -OCH3 is 1. The first-order valence-corrected chi connectivity index (χ1v) is 6.75. The van der Waals surface area contributed by atoms with E-state index in [1.54, 1.807) is 19.4 Å². The highest BCUT2D eigenvalue weighted by molar-refractivity contribution is 5.51. The molecule has 2 atom stereocenters. The van der Waals surface area contributed by atoms with Crippen LogP contribution in [-0.2, 0) is 4.74 Å². The first-order chi connectivity index (χ1) is 10.2. The Labute approximate surface area is 122 Å². The SMILES string of the molecule is CO[C@@H]1C[C@@H](c2n[nH]c(C)n2)N(c2ccnc(C#N)c2)C1. The number of hydrogen-bond donors (Lipinski definition) is 1. The highest BCUT2D eigenvalue weighted by Gasteiger charge is 2.35. The lowest BCUT2D eigenvalue weighted by Crippen LogP contribution is -2.25. The van der Waals surface area contributed by atoms with Crippen molar-refractivity contribution in [2.75, 3.05) is 18.6 Å². The van der Waals surface area contributed by atoms with Gasteiger partial charge in [0.05, 0.1) is 12.1 Å². The summed E-state index contributed by atoms with van der Waals surface area (Å²) in [4.78, 5) is 10.6. The zero-order valence-electron chi connectivity index (χ0n) is 11.9. The van der Waals surface area contributed by atoms with E-state index in [9.17, 15) is 0 Å². The zero-order chi connectivity index (χ0) is 14.8. The largest absolute Gasteiger partial charge is 0.380 e. The minimum absolute atomic E-state index is 0.0360. The molecule has 1 saturated heterocycles. The molecular formula is C14H16N6O. The van der Waals surface area contributed by atoms with E-state index in [2.05, 4.69) is 31.1 Å². The number of nitrogens with one attached hydrogen (secondary N) is 1. The van der Waals surface area contributed by atoms with Crippen LogP contribution in [0.4, 0.5) is 5.69 Å². The molecule has 108 valence electrons. The second kappa shape index (κ2) is 5.50. The number of ether oxygens (including phenoxy) is 1. The summed E-state index contributed by atoms with van der Waals surface area (Å²) in [5.74, 6) is 1.54. The van der Waals surface area contributed by atoms with Gasteiger partial charge < -0.3 is 9.64 Å². The van der Waals surface area contributed by atoms with Crippen molar-refractivity contribution in [1.29, 1.82) is 5.26 Å². The lowest BCUT2D eigenvalue weighted by Gasteiger charge is -2.24. The van der Waals surface area contributed by atoms with E-state index < -0.39 is 0 Å². The van der Waals surface area contributed by atoms with Gasteiger partial charge in [-0.05, 0) is 19.1 Å². The average Bonchev–Trinajstić information content (AvgIpc) is 3.13. The zero-order valence-corrected chi connectivity index (χ0v) is 11.9. The molecule has 0 radical (unpaired) electrons. The van der Waals surface area contributed by atoms with Crippen molar-refractivity contribution in [1.82, 2.24) is 20.2 Å². The summed E-state index contributed by atoms with van der Waals surface area (Å²) in [7, 11) is 1.71. The van der Waals surface area contributed by atoms with Gasteiger partial charge in [0.2, 0.25) is 0 Å². The molecule has 2 aromatic heterocycles. The maximum Gasteiger partial charge on any atom is 0.173 e. The number of aromatic amines is 1. The van der Waals surface area contributed by atoms with Crippen LogP contribution in [0.2, 0.25) is 0 Å². The van der Waals surface area contributed by atoms with Crippen molar-refractivity contribution in [3.05, 3.63) is 35.7 Å². The van der Waals surface area contributed by atoms with E-state index >= 15 is 0 Å². The third-order valence-corrected chi connectivity index (χ3v) is 3.70. The summed E-state index contributed by atoms with van der Waals surface area (Å²) in [5.41, 5.74) is 1.34. The quantitative estimate of drug-likeness (QED) is 0.914. The van der Waals surface area contributed by atoms with E-state index in [0.29, 0.717) is 5.69 Å². The fraction of sp³-hybridized carbons (Fsp3) is 0.429. The Balaban J connectivity index is 1.95. The molecule has 3 heterocycles. The van der Waals surface area contributed by atoms with Gasteiger partial charge in [-0.1, -0.05) is 0 Å². The Morgan fingerprint density at radius 3 is 3.05 bits per heavy atom. The molecule has 0 aromatic carbocycles. The molecule has 0 bridgehead atoms. The summed E-state index contributed by atoms with van der Waals surface area (Å²) in [6, 6.07) is 5.78. The van der Waals surface area contributed by atoms with E-state index in [1.165, 1.54) is 0 Å². The van der Waals surface area contributed by atoms with Crippen LogP contribution in [0.25, 0.3) is 0 Å². The normalized spacial score (nSPS) is 21.5. The molecule has 0 aliphatic carbocycles. The monoisotopic (exact) mass is 284 g/mol. The third-order valence-electron chi connectivity index (χ3n) is 3.70. The Morgan fingerprint density at radius 2 is 2.38 bits per heavy atom. The number of aromatic nitrogens is 4. The molecule has 1 fully saturated rings. The first kappa shape index (κ1) is 13.5. The lowest BCUT2D eigenvalue weighted by molar-refractivity contribution is 0.118. The highest BCUT2D eigenvalue weighted by atomic mass is 16.5. The molecule has 1 aliphatic heterocycles. The van der Waals surface area contributed by atoms with Gasteiger partial charge in [0.25, 0.3) is 0 Å². The van der Waals surface area contributed by atoms with Crippen molar-refractivity contribution < 1.29 is 4.74 Å². The maximum atomic E-state index is 9.00.